The summed E-state index contributed by atoms with van der Waals surface area (Å²) in [4.78, 5) is 47.1. The number of carboxylic acid groups (broad SMARTS) is 1. The Balaban J connectivity index is 0.000000458. The Morgan fingerprint density at radius 2 is 1.82 bits per heavy atom. The predicted octanol–water partition coefficient (Wildman–Crippen LogP) is -0.197. The quantitative estimate of drug-likeness (QED) is 0.273. The van der Waals surface area contributed by atoms with E-state index in [0.717, 1.165) is 19.4 Å². The van der Waals surface area contributed by atoms with Crippen molar-refractivity contribution >= 4 is 29.6 Å². The number of amides is 1. The average Bonchev–Trinajstić information content (AvgIpc) is 3.26. The van der Waals surface area contributed by atoms with Crippen molar-refractivity contribution in [3.8, 4) is 0 Å². The van der Waals surface area contributed by atoms with Crippen molar-refractivity contribution in [2.45, 2.75) is 39.7 Å². The van der Waals surface area contributed by atoms with Crippen LogP contribution in [0.4, 0.5) is 10.1 Å². The molecule has 1 unspecified atom stereocenters. The van der Waals surface area contributed by atoms with Crippen molar-refractivity contribution in [1.29, 1.82) is 0 Å². The van der Waals surface area contributed by atoms with Gasteiger partial charge in [-0.15, -0.1) is 0 Å². The van der Waals surface area contributed by atoms with Crippen molar-refractivity contribution in [1.82, 2.24) is 9.47 Å². The van der Waals surface area contributed by atoms with Gasteiger partial charge >= 0.3 is 35.5 Å². The topological polar surface area (TPSA) is 109 Å². The van der Waals surface area contributed by atoms with Crippen LogP contribution in [0.15, 0.2) is 18.2 Å². The van der Waals surface area contributed by atoms with Crippen LogP contribution in [0.25, 0.3) is 0 Å². The number of hydrogen-bond donors (Lipinski definition) is 2. The van der Waals surface area contributed by atoms with E-state index in [1.54, 1.807) is 27.8 Å². The molecule has 2 heterocycles. The van der Waals surface area contributed by atoms with Gasteiger partial charge in [-0.2, -0.15) is 0 Å². The molecule has 0 saturated carbocycles. The maximum atomic E-state index is 13.3. The van der Waals surface area contributed by atoms with Crippen LogP contribution in [-0.2, 0) is 16.6 Å². The summed E-state index contributed by atoms with van der Waals surface area (Å²) in [5.74, 6) is -2.27. The molecule has 1 aromatic heterocycles. The number of ketones is 1. The van der Waals surface area contributed by atoms with E-state index >= 15 is 0 Å². The van der Waals surface area contributed by atoms with Gasteiger partial charge in [-0.1, -0.05) is 18.2 Å². The Morgan fingerprint density at radius 3 is 2.27 bits per heavy atom. The number of aryl methyl sites for hydroxylation is 1. The fourth-order valence-corrected chi connectivity index (χ4v) is 3.82. The summed E-state index contributed by atoms with van der Waals surface area (Å²) >= 11 is 0. The molecular weight excluding hydrogens is 440 g/mol. The van der Waals surface area contributed by atoms with Crippen molar-refractivity contribution in [3.63, 3.8) is 0 Å². The summed E-state index contributed by atoms with van der Waals surface area (Å²) in [5.41, 5.74) is 2.28. The van der Waals surface area contributed by atoms with Gasteiger partial charge in [0.2, 0.25) is 0 Å². The first-order valence-corrected chi connectivity index (χ1v) is 10.1. The Bertz CT molecular complexity index is 1070. The number of carbonyl (C=O) groups is 3. The van der Waals surface area contributed by atoms with E-state index in [1.165, 1.54) is 29.1 Å². The maximum Gasteiger partial charge on any atom is 1.00 e. The molecule has 2 aromatic rings. The summed E-state index contributed by atoms with van der Waals surface area (Å²) in [7, 11) is 3.46. The summed E-state index contributed by atoms with van der Waals surface area (Å²) in [6, 6.07) is 4.03. The third-order valence-corrected chi connectivity index (χ3v) is 5.69. The molecule has 1 aliphatic rings. The van der Waals surface area contributed by atoms with Gasteiger partial charge in [-0.25, -0.2) is 4.39 Å². The second-order valence-corrected chi connectivity index (χ2v) is 7.82. The summed E-state index contributed by atoms with van der Waals surface area (Å²) in [5, 5.41) is 11.2. The van der Waals surface area contributed by atoms with Gasteiger partial charge in [-0.3, -0.25) is 14.5 Å². The van der Waals surface area contributed by atoms with E-state index in [0.29, 0.717) is 28.1 Å². The largest absolute Gasteiger partial charge is 1.00 e. The van der Waals surface area contributed by atoms with Gasteiger partial charge in [0.15, 0.2) is 0 Å². The minimum absolute atomic E-state index is 0. The van der Waals surface area contributed by atoms with Crippen LogP contribution in [0.1, 0.15) is 50.5 Å². The number of Topliss-reactive ketones (excluding diaryl/α,β-unsaturated/α-hetero) is 1. The zero-order chi connectivity index (χ0) is 24.2. The molecular formula is C23H27FN3NaO5. The number of nitrogens with zero attached hydrogens (tertiary/aromatic N) is 2. The van der Waals surface area contributed by atoms with E-state index in [-0.39, 0.29) is 47.1 Å². The number of aromatic nitrogens is 1. The number of rotatable bonds is 5. The van der Waals surface area contributed by atoms with Gasteiger partial charge in [0, 0.05) is 23.2 Å². The molecule has 0 radical (unpaired) electrons. The van der Waals surface area contributed by atoms with Gasteiger partial charge in [0.05, 0.1) is 5.78 Å². The standard InChI is InChI=1S/C17H16FN2O3.C6H11NO2.Na/c1-9-7-12(5-6-13(9)18)19-17(23)15-10(2)16(14(22)8-21)20(4)11(15)3;1-7-4-2-3-5(7)6(8)9;/h5-7H,1-4H3,(H,19,23);5H,2-4H2,1H3,(H,8,9);/q-1;;+1. The van der Waals surface area contributed by atoms with Crippen LogP contribution < -0.4 is 34.9 Å². The normalized spacial score (nSPS) is 15.2. The van der Waals surface area contributed by atoms with Crippen molar-refractivity contribution < 1.29 is 58.2 Å². The van der Waals surface area contributed by atoms with Crippen LogP contribution >= 0.6 is 0 Å². The Morgan fingerprint density at radius 1 is 1.18 bits per heavy atom. The molecule has 33 heavy (non-hydrogen) atoms. The molecule has 1 fully saturated rings. The number of carbonyl (C=O) groups excluding carboxylic acids is 3. The van der Waals surface area contributed by atoms with Crippen molar-refractivity contribution in [2.75, 3.05) is 18.9 Å². The maximum absolute atomic E-state index is 13.3. The van der Waals surface area contributed by atoms with Crippen LogP contribution in [-0.4, -0.2) is 58.2 Å². The molecule has 8 nitrogen and oxygen atoms in total. The smallest absolute Gasteiger partial charge is 0.480 e. The first-order chi connectivity index (χ1) is 15.0. The fourth-order valence-electron chi connectivity index (χ4n) is 3.82. The van der Waals surface area contributed by atoms with E-state index in [9.17, 15) is 23.6 Å². The van der Waals surface area contributed by atoms with E-state index in [1.807, 2.05) is 11.9 Å². The third kappa shape index (κ3) is 6.60. The van der Waals surface area contributed by atoms with Crippen molar-refractivity contribution in [2.24, 2.45) is 7.05 Å². The summed E-state index contributed by atoms with van der Waals surface area (Å²) < 4.78 is 14.8. The number of likely N-dealkylation sites (tertiary alicyclic amines) is 1. The summed E-state index contributed by atoms with van der Waals surface area (Å²) in [6.07, 6.45) is 3.16. The number of carboxylic acids is 1. The molecule has 1 atom stereocenters. The zero-order valence-corrected chi connectivity index (χ0v) is 21.8. The molecule has 0 spiro atoms. The van der Waals surface area contributed by atoms with Gasteiger partial charge in [-0.05, 0) is 71.1 Å². The molecule has 1 saturated heterocycles. The van der Waals surface area contributed by atoms with E-state index < -0.39 is 17.7 Å². The second-order valence-electron chi connectivity index (χ2n) is 7.82. The average molecular weight is 467 g/mol. The van der Waals surface area contributed by atoms with Crippen LogP contribution in [0.3, 0.4) is 0 Å². The van der Waals surface area contributed by atoms with Crippen LogP contribution in [0, 0.1) is 26.6 Å². The monoisotopic (exact) mass is 467 g/mol. The van der Waals surface area contributed by atoms with Gasteiger partial charge in [0.25, 0.3) is 5.91 Å². The number of nitrogens with one attached hydrogen (secondary N) is 1. The minimum atomic E-state index is -0.801. The first-order valence-electron chi connectivity index (χ1n) is 10.1. The number of likely N-dealkylation sites (N-methyl/N-ethyl adjacent to an activating group) is 1. The van der Waals surface area contributed by atoms with Gasteiger partial charge in [0.1, 0.15) is 11.9 Å². The minimum Gasteiger partial charge on any atom is -0.480 e. The molecule has 1 aliphatic heterocycles. The second kappa shape index (κ2) is 12.2. The molecule has 2 N–H and O–H groups in total. The molecule has 1 aromatic carbocycles. The first kappa shape index (κ1) is 28.7. The Labute approximate surface area is 214 Å². The van der Waals surface area contributed by atoms with Crippen molar-refractivity contribution in [3.05, 3.63) is 52.1 Å². The van der Waals surface area contributed by atoms with Crippen LogP contribution in [0.5, 0.6) is 0 Å². The van der Waals surface area contributed by atoms with Crippen LogP contribution in [0.2, 0.25) is 0 Å². The molecule has 1 amide bonds. The Hall–Kier alpha value is -2.33. The molecule has 0 aliphatic carbocycles. The predicted molar refractivity (Wildman–Crippen MR) is 117 cm³/mol. The molecule has 172 valence electrons. The number of benzene rings is 1. The Kier molecular flexibility index (Phi) is 10.6. The number of hydrogen-bond acceptors (Lipinski definition) is 5. The van der Waals surface area contributed by atoms with E-state index in [2.05, 4.69) is 5.32 Å². The summed E-state index contributed by atoms with van der Waals surface area (Å²) in [6.45, 7) is 5.81. The number of halogens is 1. The zero-order valence-electron chi connectivity index (χ0n) is 19.8. The number of aliphatic carboxylic acids is 1. The third-order valence-electron chi connectivity index (χ3n) is 5.69. The molecule has 0 bridgehead atoms. The SMILES string of the molecule is CN1CCCC1C(=O)O.Cc1cc(NC(=O)c2c(C)c(C(=O)[C-]=O)n(C)c2C)ccc1F.[Na+]. The molecule has 10 heteroatoms. The fraction of sp³-hybridized carbons (Fsp3) is 0.391. The van der Waals surface area contributed by atoms with E-state index in [4.69, 9.17) is 5.11 Å². The van der Waals surface area contributed by atoms with Gasteiger partial charge < -0.3 is 24.6 Å². The number of anilines is 1. The molecule has 3 rings (SSSR count).